The molecule has 0 fully saturated rings. The molecule has 1 aromatic carbocycles. The number of rotatable bonds is 2. The SMILES string of the molecule is Cc1cc([N+](=O)[O-])c([N+](=O)[O-])cc1Br. The molecule has 74 valence electrons. The van der Waals surface area contributed by atoms with E-state index in [9.17, 15) is 20.2 Å². The van der Waals surface area contributed by atoms with Gasteiger partial charge in [0.1, 0.15) is 0 Å². The lowest BCUT2D eigenvalue weighted by atomic mass is 10.2. The van der Waals surface area contributed by atoms with Crippen LogP contribution in [0.1, 0.15) is 5.56 Å². The summed E-state index contributed by atoms with van der Waals surface area (Å²) in [5, 5.41) is 20.9. The van der Waals surface area contributed by atoms with Crippen LogP contribution < -0.4 is 0 Å². The summed E-state index contributed by atoms with van der Waals surface area (Å²) >= 11 is 3.07. The summed E-state index contributed by atoms with van der Waals surface area (Å²) in [5.74, 6) is 0. The van der Waals surface area contributed by atoms with Crippen molar-refractivity contribution in [1.29, 1.82) is 0 Å². The fraction of sp³-hybridized carbons (Fsp3) is 0.143. The van der Waals surface area contributed by atoms with Gasteiger partial charge in [0.2, 0.25) is 0 Å². The Hall–Kier alpha value is -1.50. The monoisotopic (exact) mass is 260 g/mol. The van der Waals surface area contributed by atoms with Crippen LogP contribution in [0.3, 0.4) is 0 Å². The van der Waals surface area contributed by atoms with Gasteiger partial charge in [0.15, 0.2) is 0 Å². The maximum Gasteiger partial charge on any atom is 0.347 e. The molecule has 7 heteroatoms. The third kappa shape index (κ3) is 1.87. The molecule has 0 aromatic heterocycles. The molecule has 0 unspecified atom stereocenters. The summed E-state index contributed by atoms with van der Waals surface area (Å²) in [5.41, 5.74) is -0.412. The van der Waals surface area contributed by atoms with Crippen LogP contribution in [0.15, 0.2) is 16.6 Å². The lowest BCUT2D eigenvalue weighted by molar-refractivity contribution is -0.422. The van der Waals surface area contributed by atoms with Gasteiger partial charge < -0.3 is 0 Å². The van der Waals surface area contributed by atoms with Gasteiger partial charge in [-0.15, -0.1) is 0 Å². The summed E-state index contributed by atoms with van der Waals surface area (Å²) < 4.78 is 0.481. The van der Waals surface area contributed by atoms with E-state index in [1.807, 2.05) is 0 Å². The van der Waals surface area contributed by atoms with E-state index in [0.29, 0.717) is 10.0 Å². The summed E-state index contributed by atoms with van der Waals surface area (Å²) in [4.78, 5) is 19.4. The number of aryl methyl sites for hydroxylation is 1. The third-order valence-corrected chi connectivity index (χ3v) is 2.50. The first-order chi connectivity index (χ1) is 6.43. The van der Waals surface area contributed by atoms with Crippen molar-refractivity contribution in [3.8, 4) is 0 Å². The molecule has 0 saturated heterocycles. The van der Waals surface area contributed by atoms with Crippen LogP contribution in [0.4, 0.5) is 11.4 Å². The Morgan fingerprint density at radius 2 is 1.57 bits per heavy atom. The molecule has 0 atom stereocenters. The van der Waals surface area contributed by atoms with Crippen LogP contribution in [0.5, 0.6) is 0 Å². The Balaban J connectivity index is 3.46. The molecule has 0 radical (unpaired) electrons. The van der Waals surface area contributed by atoms with Crippen LogP contribution in [0, 0.1) is 27.2 Å². The Morgan fingerprint density at radius 1 is 1.14 bits per heavy atom. The minimum atomic E-state index is -0.775. The molecular formula is C7H5BrN2O4. The molecule has 0 aliphatic heterocycles. The van der Waals surface area contributed by atoms with E-state index >= 15 is 0 Å². The quantitative estimate of drug-likeness (QED) is 0.604. The van der Waals surface area contributed by atoms with Crippen molar-refractivity contribution in [2.45, 2.75) is 6.92 Å². The first-order valence-corrected chi connectivity index (χ1v) is 4.31. The largest absolute Gasteiger partial charge is 0.347 e. The second kappa shape index (κ2) is 3.70. The summed E-state index contributed by atoms with van der Waals surface area (Å²) in [7, 11) is 0. The van der Waals surface area contributed by atoms with Crippen LogP contribution in [0.2, 0.25) is 0 Å². The van der Waals surface area contributed by atoms with Gasteiger partial charge in [-0.25, -0.2) is 0 Å². The first kappa shape index (κ1) is 10.6. The molecule has 6 nitrogen and oxygen atoms in total. The molecule has 1 aromatic rings. The van der Waals surface area contributed by atoms with Crippen molar-refractivity contribution >= 4 is 27.3 Å². The number of halogens is 1. The van der Waals surface area contributed by atoms with Gasteiger partial charge in [-0.05, 0) is 12.5 Å². The highest BCUT2D eigenvalue weighted by Crippen LogP contribution is 2.32. The first-order valence-electron chi connectivity index (χ1n) is 3.52. The van der Waals surface area contributed by atoms with Gasteiger partial charge in [0.25, 0.3) is 0 Å². The van der Waals surface area contributed by atoms with E-state index in [0.717, 1.165) is 6.07 Å². The molecule has 0 spiro atoms. The van der Waals surface area contributed by atoms with Crippen molar-refractivity contribution < 1.29 is 9.85 Å². The van der Waals surface area contributed by atoms with Crippen molar-refractivity contribution in [3.05, 3.63) is 42.4 Å². The van der Waals surface area contributed by atoms with E-state index < -0.39 is 21.2 Å². The fourth-order valence-corrected chi connectivity index (χ4v) is 1.28. The van der Waals surface area contributed by atoms with E-state index in [2.05, 4.69) is 15.9 Å². The number of nitro groups is 2. The normalized spacial score (nSPS) is 9.86. The van der Waals surface area contributed by atoms with Gasteiger partial charge in [0.05, 0.1) is 9.85 Å². The fourth-order valence-electron chi connectivity index (χ4n) is 0.948. The molecule has 0 aliphatic rings. The van der Waals surface area contributed by atoms with E-state index in [-0.39, 0.29) is 0 Å². The van der Waals surface area contributed by atoms with E-state index in [4.69, 9.17) is 0 Å². The standard InChI is InChI=1S/C7H5BrN2O4/c1-4-2-6(9(11)12)7(10(13)14)3-5(4)8/h2-3H,1H3. The molecule has 0 heterocycles. The highest BCUT2D eigenvalue weighted by atomic mass is 79.9. The van der Waals surface area contributed by atoms with Crippen LogP contribution in [0.25, 0.3) is 0 Å². The second-order valence-electron chi connectivity index (χ2n) is 2.60. The maximum atomic E-state index is 10.5. The Bertz CT molecular complexity index is 379. The van der Waals surface area contributed by atoms with Gasteiger partial charge in [0, 0.05) is 16.6 Å². The van der Waals surface area contributed by atoms with Gasteiger partial charge in [-0.3, -0.25) is 20.2 Å². The molecule has 0 amide bonds. The van der Waals surface area contributed by atoms with E-state index in [1.165, 1.54) is 6.07 Å². The molecule has 0 aliphatic carbocycles. The number of hydrogen-bond acceptors (Lipinski definition) is 4. The Kier molecular flexibility index (Phi) is 2.80. The summed E-state index contributed by atoms with van der Waals surface area (Å²) in [6.45, 7) is 1.63. The summed E-state index contributed by atoms with van der Waals surface area (Å²) in [6.07, 6.45) is 0. The molecular weight excluding hydrogens is 256 g/mol. The highest BCUT2D eigenvalue weighted by Gasteiger charge is 2.24. The third-order valence-electron chi connectivity index (χ3n) is 1.65. The number of benzene rings is 1. The average Bonchev–Trinajstić information content (AvgIpc) is 2.08. The number of nitrogens with zero attached hydrogens (tertiary/aromatic N) is 2. The minimum Gasteiger partial charge on any atom is -0.258 e. The topological polar surface area (TPSA) is 86.3 Å². The molecule has 0 saturated carbocycles. The van der Waals surface area contributed by atoms with Crippen LogP contribution >= 0.6 is 15.9 Å². The smallest absolute Gasteiger partial charge is 0.258 e. The lowest BCUT2D eigenvalue weighted by Gasteiger charge is -1.98. The zero-order valence-corrected chi connectivity index (χ0v) is 8.65. The Morgan fingerprint density at radius 3 is 2.00 bits per heavy atom. The van der Waals surface area contributed by atoms with Gasteiger partial charge >= 0.3 is 11.4 Å². The second-order valence-corrected chi connectivity index (χ2v) is 3.46. The molecule has 14 heavy (non-hydrogen) atoms. The van der Waals surface area contributed by atoms with Crippen molar-refractivity contribution in [2.75, 3.05) is 0 Å². The molecule has 0 N–H and O–H groups in total. The van der Waals surface area contributed by atoms with Crippen LogP contribution in [-0.4, -0.2) is 9.85 Å². The van der Waals surface area contributed by atoms with Crippen molar-refractivity contribution in [1.82, 2.24) is 0 Å². The average molecular weight is 261 g/mol. The lowest BCUT2D eigenvalue weighted by Crippen LogP contribution is -1.97. The van der Waals surface area contributed by atoms with Gasteiger partial charge in [-0.1, -0.05) is 15.9 Å². The zero-order chi connectivity index (χ0) is 10.9. The number of nitro benzene ring substituents is 2. The zero-order valence-electron chi connectivity index (χ0n) is 7.06. The van der Waals surface area contributed by atoms with Crippen molar-refractivity contribution in [2.24, 2.45) is 0 Å². The van der Waals surface area contributed by atoms with Crippen LogP contribution in [-0.2, 0) is 0 Å². The predicted octanol–water partition coefficient (Wildman–Crippen LogP) is 2.57. The molecule has 1 rings (SSSR count). The highest BCUT2D eigenvalue weighted by molar-refractivity contribution is 9.10. The number of hydrogen-bond donors (Lipinski definition) is 0. The predicted molar refractivity (Wildman–Crippen MR) is 52.2 cm³/mol. The maximum absolute atomic E-state index is 10.5. The minimum absolute atomic E-state index is 0.481. The van der Waals surface area contributed by atoms with Gasteiger partial charge in [-0.2, -0.15) is 0 Å². The van der Waals surface area contributed by atoms with E-state index in [1.54, 1.807) is 6.92 Å². The molecule has 0 bridgehead atoms. The summed E-state index contributed by atoms with van der Waals surface area (Å²) in [6, 6.07) is 2.30. The Labute approximate surface area is 87.0 Å². The van der Waals surface area contributed by atoms with Crippen molar-refractivity contribution in [3.63, 3.8) is 0 Å².